The van der Waals surface area contributed by atoms with Crippen molar-refractivity contribution in [1.82, 2.24) is 9.29 Å². The maximum Gasteiger partial charge on any atom is 0.217 e. The summed E-state index contributed by atoms with van der Waals surface area (Å²) in [6.07, 6.45) is 6.43. The molecule has 1 saturated heterocycles. The Morgan fingerprint density at radius 1 is 1.29 bits per heavy atom. The molecular formula is C11H16N2O2S2. The fourth-order valence-electron chi connectivity index (χ4n) is 2.41. The molecule has 1 aliphatic heterocycles. The van der Waals surface area contributed by atoms with Gasteiger partial charge in [0.15, 0.2) is 0 Å². The summed E-state index contributed by atoms with van der Waals surface area (Å²) in [5.41, 5.74) is 0. The van der Waals surface area contributed by atoms with E-state index in [1.807, 2.05) is 5.38 Å². The number of piperidine rings is 1. The van der Waals surface area contributed by atoms with E-state index in [-0.39, 0.29) is 11.3 Å². The molecule has 0 bridgehead atoms. The Labute approximate surface area is 106 Å². The second kappa shape index (κ2) is 4.33. The molecule has 0 aromatic carbocycles. The summed E-state index contributed by atoms with van der Waals surface area (Å²) in [5, 5.41) is 2.77. The van der Waals surface area contributed by atoms with Gasteiger partial charge in [-0.15, -0.1) is 11.3 Å². The van der Waals surface area contributed by atoms with E-state index in [1.54, 1.807) is 21.8 Å². The molecule has 2 heterocycles. The third-order valence-electron chi connectivity index (χ3n) is 3.46. The van der Waals surface area contributed by atoms with Crippen LogP contribution in [0.1, 0.15) is 43.2 Å². The monoisotopic (exact) mass is 272 g/mol. The van der Waals surface area contributed by atoms with Crippen LogP contribution in [-0.4, -0.2) is 29.5 Å². The van der Waals surface area contributed by atoms with Gasteiger partial charge in [0.2, 0.25) is 10.0 Å². The lowest BCUT2D eigenvalue weighted by Crippen LogP contribution is -2.40. The van der Waals surface area contributed by atoms with Crippen molar-refractivity contribution in [3.63, 3.8) is 0 Å². The minimum Gasteiger partial charge on any atom is -0.248 e. The van der Waals surface area contributed by atoms with Gasteiger partial charge in [-0.25, -0.2) is 13.4 Å². The minimum absolute atomic E-state index is 0.00523. The lowest BCUT2D eigenvalue weighted by Gasteiger charge is -2.33. The topological polar surface area (TPSA) is 50.3 Å². The Kier molecular flexibility index (Phi) is 2.96. The van der Waals surface area contributed by atoms with Crippen molar-refractivity contribution in [2.45, 2.75) is 43.4 Å². The van der Waals surface area contributed by atoms with Crippen molar-refractivity contribution in [2.24, 2.45) is 0 Å². The Morgan fingerprint density at radius 3 is 2.76 bits per heavy atom. The first kappa shape index (κ1) is 11.6. The van der Waals surface area contributed by atoms with Gasteiger partial charge in [0.1, 0.15) is 5.01 Å². The minimum atomic E-state index is -3.06. The molecule has 2 fully saturated rings. The van der Waals surface area contributed by atoms with Gasteiger partial charge < -0.3 is 0 Å². The van der Waals surface area contributed by atoms with Crippen molar-refractivity contribution < 1.29 is 8.42 Å². The van der Waals surface area contributed by atoms with Crippen LogP contribution in [0.15, 0.2) is 11.6 Å². The van der Waals surface area contributed by atoms with Gasteiger partial charge in [-0.2, -0.15) is 4.31 Å². The molecule has 3 rings (SSSR count). The van der Waals surface area contributed by atoms with Gasteiger partial charge >= 0.3 is 0 Å². The largest absolute Gasteiger partial charge is 0.248 e. The predicted octanol–water partition coefficient (Wildman–Crippen LogP) is 2.16. The van der Waals surface area contributed by atoms with Gasteiger partial charge in [0.05, 0.1) is 11.3 Å². The van der Waals surface area contributed by atoms with E-state index in [0.29, 0.717) is 6.54 Å². The van der Waals surface area contributed by atoms with Crippen LogP contribution < -0.4 is 0 Å². The van der Waals surface area contributed by atoms with E-state index in [0.717, 1.165) is 37.1 Å². The van der Waals surface area contributed by atoms with Crippen LogP contribution in [-0.2, 0) is 10.0 Å². The molecule has 1 atom stereocenters. The molecule has 0 radical (unpaired) electrons. The van der Waals surface area contributed by atoms with Crippen molar-refractivity contribution in [3.05, 3.63) is 16.6 Å². The molecule has 94 valence electrons. The molecule has 4 nitrogen and oxygen atoms in total. The number of rotatable bonds is 3. The van der Waals surface area contributed by atoms with Crippen LogP contribution >= 0.6 is 11.3 Å². The molecule has 6 heteroatoms. The van der Waals surface area contributed by atoms with Crippen molar-refractivity contribution >= 4 is 21.4 Å². The van der Waals surface area contributed by atoms with Crippen molar-refractivity contribution in [1.29, 1.82) is 0 Å². The fraction of sp³-hybridized carbons (Fsp3) is 0.727. The van der Waals surface area contributed by atoms with Gasteiger partial charge in [0, 0.05) is 18.1 Å². The first-order valence-electron chi connectivity index (χ1n) is 6.09. The molecule has 1 unspecified atom stereocenters. The number of hydrogen-bond acceptors (Lipinski definition) is 4. The summed E-state index contributed by atoms with van der Waals surface area (Å²) in [4.78, 5) is 4.30. The lowest BCUT2D eigenvalue weighted by molar-refractivity contribution is 0.255. The zero-order valence-corrected chi connectivity index (χ0v) is 11.2. The number of nitrogens with zero attached hydrogens (tertiary/aromatic N) is 2. The number of aromatic nitrogens is 1. The number of sulfonamides is 1. The van der Waals surface area contributed by atoms with E-state index in [1.165, 1.54) is 0 Å². The molecule has 2 aliphatic rings. The van der Waals surface area contributed by atoms with Gasteiger partial charge in [-0.1, -0.05) is 6.42 Å². The maximum absolute atomic E-state index is 12.4. The molecule has 1 aromatic rings. The fourth-order valence-corrected chi connectivity index (χ4v) is 5.32. The van der Waals surface area contributed by atoms with Crippen LogP contribution in [0, 0.1) is 0 Å². The highest BCUT2D eigenvalue weighted by molar-refractivity contribution is 7.90. The molecule has 17 heavy (non-hydrogen) atoms. The first-order chi connectivity index (χ1) is 8.19. The molecule has 1 aromatic heterocycles. The van der Waals surface area contributed by atoms with Crippen molar-refractivity contribution in [3.8, 4) is 0 Å². The molecule has 0 N–H and O–H groups in total. The van der Waals surface area contributed by atoms with Crippen LogP contribution in [0.4, 0.5) is 0 Å². The quantitative estimate of drug-likeness (QED) is 0.847. The number of hydrogen-bond donors (Lipinski definition) is 0. The van der Waals surface area contributed by atoms with Crippen LogP contribution in [0.2, 0.25) is 0 Å². The van der Waals surface area contributed by atoms with E-state index in [2.05, 4.69) is 4.98 Å². The molecule has 0 amide bonds. The summed E-state index contributed by atoms with van der Waals surface area (Å²) in [5.74, 6) is 0. The average molecular weight is 272 g/mol. The maximum atomic E-state index is 12.4. The predicted molar refractivity (Wildman–Crippen MR) is 67.4 cm³/mol. The zero-order chi connectivity index (χ0) is 11.9. The van der Waals surface area contributed by atoms with Crippen molar-refractivity contribution in [2.75, 3.05) is 6.54 Å². The van der Waals surface area contributed by atoms with Crippen LogP contribution in [0.25, 0.3) is 0 Å². The van der Waals surface area contributed by atoms with Gasteiger partial charge in [-0.3, -0.25) is 0 Å². The van der Waals surface area contributed by atoms with E-state index in [4.69, 9.17) is 0 Å². The summed E-state index contributed by atoms with van der Waals surface area (Å²) in [6, 6.07) is -0.00523. The Balaban J connectivity index is 1.90. The molecule has 0 spiro atoms. The molecular weight excluding hydrogens is 256 g/mol. The lowest BCUT2D eigenvalue weighted by atomic mass is 10.1. The highest BCUT2D eigenvalue weighted by Crippen LogP contribution is 2.39. The van der Waals surface area contributed by atoms with E-state index >= 15 is 0 Å². The van der Waals surface area contributed by atoms with E-state index < -0.39 is 10.0 Å². The van der Waals surface area contributed by atoms with Gasteiger partial charge in [-0.05, 0) is 25.7 Å². The number of thiazole rings is 1. The Hall–Kier alpha value is -0.460. The third-order valence-corrected chi connectivity index (χ3v) is 6.74. The highest BCUT2D eigenvalue weighted by atomic mass is 32.2. The highest BCUT2D eigenvalue weighted by Gasteiger charge is 2.44. The SMILES string of the molecule is O=S(=O)(C1CC1)N1CCCCC1c1nccs1. The summed E-state index contributed by atoms with van der Waals surface area (Å²) < 4.78 is 26.4. The third kappa shape index (κ3) is 2.13. The zero-order valence-electron chi connectivity index (χ0n) is 9.58. The average Bonchev–Trinajstić information content (AvgIpc) is 3.06. The smallest absolute Gasteiger partial charge is 0.217 e. The Bertz CT molecular complexity index is 480. The summed E-state index contributed by atoms with van der Waals surface area (Å²) >= 11 is 1.56. The van der Waals surface area contributed by atoms with Crippen LogP contribution in [0.5, 0.6) is 0 Å². The molecule has 1 aliphatic carbocycles. The Morgan fingerprint density at radius 2 is 2.12 bits per heavy atom. The molecule has 1 saturated carbocycles. The van der Waals surface area contributed by atoms with E-state index in [9.17, 15) is 8.42 Å². The van der Waals surface area contributed by atoms with Crippen LogP contribution in [0.3, 0.4) is 0 Å². The second-order valence-corrected chi connectivity index (χ2v) is 7.83. The van der Waals surface area contributed by atoms with Gasteiger partial charge in [0.25, 0.3) is 0 Å². The second-order valence-electron chi connectivity index (χ2n) is 4.74. The normalized spacial score (nSPS) is 27.2. The summed E-state index contributed by atoms with van der Waals surface area (Å²) in [6.45, 7) is 0.670. The standard InChI is InChI=1S/C11H16N2O2S2/c14-17(15,9-4-5-9)13-7-2-1-3-10(13)11-12-6-8-16-11/h6,8-10H,1-5,7H2. The first-order valence-corrected chi connectivity index (χ1v) is 8.48. The summed E-state index contributed by atoms with van der Waals surface area (Å²) in [7, 11) is -3.06.